The molecule has 0 N–H and O–H groups in total. The second-order valence-electron chi connectivity index (χ2n) is 7.40. The van der Waals surface area contributed by atoms with Crippen molar-refractivity contribution in [1.29, 1.82) is 0 Å². The van der Waals surface area contributed by atoms with E-state index in [1.165, 1.54) is 12.1 Å². The van der Waals surface area contributed by atoms with Crippen LogP contribution in [0.2, 0.25) is 10.0 Å². The third-order valence-electron chi connectivity index (χ3n) is 4.71. The summed E-state index contributed by atoms with van der Waals surface area (Å²) in [5, 5.41) is 6.88. The van der Waals surface area contributed by atoms with Gasteiger partial charge in [-0.2, -0.15) is 5.10 Å². The molecule has 0 aliphatic heterocycles. The highest BCUT2D eigenvalue weighted by Gasteiger charge is 2.21. The maximum atomic E-state index is 13.8. The van der Waals surface area contributed by atoms with Crippen LogP contribution in [0.25, 0.3) is 27.5 Å². The summed E-state index contributed by atoms with van der Waals surface area (Å²) < 4.78 is 16.7. The van der Waals surface area contributed by atoms with E-state index in [9.17, 15) is 4.39 Å². The molecule has 0 amide bonds. The van der Waals surface area contributed by atoms with Crippen molar-refractivity contribution in [3.8, 4) is 27.5 Å². The van der Waals surface area contributed by atoms with Crippen LogP contribution in [0.3, 0.4) is 0 Å². The van der Waals surface area contributed by atoms with Gasteiger partial charge < -0.3 is 0 Å². The number of aromatic nitrogens is 3. The predicted molar refractivity (Wildman–Crippen MR) is 131 cm³/mol. The molecule has 0 saturated heterocycles. The van der Waals surface area contributed by atoms with Crippen LogP contribution in [0.15, 0.2) is 46.7 Å². The van der Waals surface area contributed by atoms with Crippen LogP contribution in [0.5, 0.6) is 0 Å². The van der Waals surface area contributed by atoms with E-state index in [1.54, 1.807) is 35.2 Å². The maximum absolute atomic E-state index is 13.8. The minimum Gasteiger partial charge on any atom is -0.217 e. The number of hydrogen-bond acceptors (Lipinski definition) is 4. The van der Waals surface area contributed by atoms with Gasteiger partial charge in [-0.1, -0.05) is 66.6 Å². The number of thioether (sulfide) groups is 1. The first kappa shape index (κ1) is 22.3. The Bertz CT molecular complexity index is 1260. The molecule has 4 aromatic rings. The summed E-state index contributed by atoms with van der Waals surface area (Å²) in [4.78, 5) is 4.92. The van der Waals surface area contributed by atoms with Gasteiger partial charge in [0.1, 0.15) is 5.82 Å². The summed E-state index contributed by atoms with van der Waals surface area (Å²) in [6.07, 6.45) is 0. The first-order valence-electron chi connectivity index (χ1n) is 9.70. The lowest BCUT2D eigenvalue weighted by atomic mass is 10.0. The van der Waals surface area contributed by atoms with Crippen molar-refractivity contribution in [3.05, 3.63) is 69.7 Å². The number of thiazole rings is 1. The molecular formula is C23H20Cl2FN3S2. The predicted octanol–water partition coefficient (Wildman–Crippen LogP) is 8.23. The standard InChI is InChI=1S/C23H20Cl2FN3S2/c1-12(2)30-22-21(16-8-9-18(24)19(25)11-16)27-23(31-22)29-14(4)20(13(3)28-29)15-6-5-7-17(26)10-15/h5-12H,1-4H3. The fourth-order valence-electron chi connectivity index (χ4n) is 3.40. The van der Waals surface area contributed by atoms with Gasteiger partial charge in [-0.3, -0.25) is 0 Å². The maximum Gasteiger partial charge on any atom is 0.212 e. The lowest BCUT2D eigenvalue weighted by Gasteiger charge is -2.05. The van der Waals surface area contributed by atoms with Crippen molar-refractivity contribution in [1.82, 2.24) is 14.8 Å². The van der Waals surface area contributed by atoms with Crippen molar-refractivity contribution >= 4 is 46.3 Å². The summed E-state index contributed by atoms with van der Waals surface area (Å²) in [6, 6.07) is 12.1. The Balaban J connectivity index is 1.85. The summed E-state index contributed by atoms with van der Waals surface area (Å²) >= 11 is 15.7. The Hall–Kier alpha value is -1.86. The monoisotopic (exact) mass is 491 g/mol. The van der Waals surface area contributed by atoms with Crippen LogP contribution in [0.1, 0.15) is 25.2 Å². The highest BCUT2D eigenvalue weighted by molar-refractivity contribution is 8.01. The molecule has 160 valence electrons. The lowest BCUT2D eigenvalue weighted by molar-refractivity contribution is 0.628. The fraction of sp³-hybridized carbons (Fsp3) is 0.217. The molecule has 0 spiro atoms. The van der Waals surface area contributed by atoms with Crippen LogP contribution < -0.4 is 0 Å². The van der Waals surface area contributed by atoms with Gasteiger partial charge in [-0.05, 0) is 43.7 Å². The van der Waals surface area contributed by atoms with Crippen molar-refractivity contribution in [2.24, 2.45) is 0 Å². The third-order valence-corrected chi connectivity index (χ3v) is 7.69. The molecule has 4 rings (SSSR count). The number of rotatable bonds is 5. The normalized spacial score (nSPS) is 11.5. The molecule has 0 aliphatic carbocycles. The molecule has 3 nitrogen and oxygen atoms in total. The van der Waals surface area contributed by atoms with Crippen LogP contribution in [-0.4, -0.2) is 20.0 Å². The number of benzene rings is 2. The fourth-order valence-corrected chi connectivity index (χ4v) is 6.22. The molecule has 2 aromatic heterocycles. The molecule has 2 aromatic carbocycles. The Morgan fingerprint density at radius 2 is 1.81 bits per heavy atom. The summed E-state index contributed by atoms with van der Waals surface area (Å²) in [5.74, 6) is -0.268. The zero-order chi connectivity index (χ0) is 22.3. The first-order valence-corrected chi connectivity index (χ1v) is 12.1. The molecule has 0 bridgehead atoms. The molecule has 0 atom stereocenters. The average molecular weight is 492 g/mol. The van der Waals surface area contributed by atoms with Crippen molar-refractivity contribution in [2.75, 3.05) is 0 Å². The van der Waals surface area contributed by atoms with Gasteiger partial charge in [-0.25, -0.2) is 14.1 Å². The molecule has 0 fully saturated rings. The molecule has 8 heteroatoms. The van der Waals surface area contributed by atoms with Crippen LogP contribution in [-0.2, 0) is 0 Å². The Morgan fingerprint density at radius 3 is 2.48 bits per heavy atom. The smallest absolute Gasteiger partial charge is 0.212 e. The molecule has 31 heavy (non-hydrogen) atoms. The Labute approximate surface area is 199 Å². The topological polar surface area (TPSA) is 30.7 Å². The number of aryl methyl sites for hydroxylation is 1. The van der Waals surface area contributed by atoms with E-state index in [-0.39, 0.29) is 5.82 Å². The Kier molecular flexibility index (Phi) is 6.44. The second kappa shape index (κ2) is 8.94. The van der Waals surface area contributed by atoms with E-state index in [2.05, 4.69) is 13.8 Å². The van der Waals surface area contributed by atoms with E-state index in [4.69, 9.17) is 33.3 Å². The minimum atomic E-state index is -0.268. The number of halogens is 3. The number of nitrogens with zero attached hydrogens (tertiary/aromatic N) is 3. The van der Waals surface area contributed by atoms with E-state index in [1.807, 2.05) is 36.7 Å². The summed E-state index contributed by atoms with van der Waals surface area (Å²) in [6.45, 7) is 8.21. The molecule has 2 heterocycles. The molecular weight excluding hydrogens is 472 g/mol. The lowest BCUT2D eigenvalue weighted by Crippen LogP contribution is -1.98. The van der Waals surface area contributed by atoms with Crippen LogP contribution in [0.4, 0.5) is 4.39 Å². The van der Waals surface area contributed by atoms with E-state index < -0.39 is 0 Å². The van der Waals surface area contributed by atoms with Gasteiger partial charge >= 0.3 is 0 Å². The molecule has 0 unspecified atom stereocenters. The molecule has 0 saturated carbocycles. The van der Waals surface area contributed by atoms with Crippen molar-refractivity contribution in [2.45, 2.75) is 37.2 Å². The Morgan fingerprint density at radius 1 is 1.03 bits per heavy atom. The van der Waals surface area contributed by atoms with Crippen molar-refractivity contribution in [3.63, 3.8) is 0 Å². The van der Waals surface area contributed by atoms with E-state index in [0.29, 0.717) is 15.3 Å². The van der Waals surface area contributed by atoms with E-state index in [0.717, 1.165) is 43.1 Å². The highest BCUT2D eigenvalue weighted by Crippen LogP contribution is 2.41. The van der Waals surface area contributed by atoms with Gasteiger partial charge in [0.05, 0.1) is 31.3 Å². The van der Waals surface area contributed by atoms with Gasteiger partial charge in [0, 0.05) is 16.4 Å². The van der Waals surface area contributed by atoms with Crippen molar-refractivity contribution < 1.29 is 4.39 Å². The highest BCUT2D eigenvalue weighted by atomic mass is 35.5. The SMILES string of the molecule is Cc1nn(-c2nc(-c3ccc(Cl)c(Cl)c3)c(SC(C)C)s2)c(C)c1-c1cccc(F)c1. The first-order chi connectivity index (χ1) is 14.7. The van der Waals surface area contributed by atoms with Crippen LogP contribution >= 0.6 is 46.3 Å². The van der Waals surface area contributed by atoms with Gasteiger partial charge in [0.2, 0.25) is 5.13 Å². The quantitative estimate of drug-likeness (QED) is 0.263. The van der Waals surface area contributed by atoms with Gasteiger partial charge in [0.15, 0.2) is 0 Å². The van der Waals surface area contributed by atoms with Gasteiger partial charge in [-0.15, -0.1) is 11.8 Å². The average Bonchev–Trinajstić information content (AvgIpc) is 3.24. The summed E-state index contributed by atoms with van der Waals surface area (Å²) in [7, 11) is 0. The van der Waals surface area contributed by atoms with E-state index >= 15 is 0 Å². The summed E-state index contributed by atoms with van der Waals surface area (Å²) in [5.41, 5.74) is 5.23. The molecule has 0 radical (unpaired) electrons. The molecule has 0 aliphatic rings. The largest absolute Gasteiger partial charge is 0.217 e. The zero-order valence-corrected chi connectivity index (χ0v) is 20.6. The second-order valence-corrected chi connectivity index (χ2v) is 11.0. The minimum absolute atomic E-state index is 0.268. The zero-order valence-electron chi connectivity index (χ0n) is 17.4. The third kappa shape index (κ3) is 4.53. The van der Waals surface area contributed by atoms with Crippen LogP contribution in [0, 0.1) is 19.7 Å². The van der Waals surface area contributed by atoms with Gasteiger partial charge in [0.25, 0.3) is 0 Å². The number of hydrogen-bond donors (Lipinski definition) is 0.